The predicted molar refractivity (Wildman–Crippen MR) is 65.7 cm³/mol. The number of rotatable bonds is 3. The van der Waals surface area contributed by atoms with E-state index in [0.29, 0.717) is 0 Å². The number of aryl methyl sites for hydroxylation is 1. The largest absolute Gasteiger partial charge is 0.346 e. The maximum Gasteiger partial charge on any atom is 0.113 e. The molecule has 0 amide bonds. The Morgan fingerprint density at radius 3 is 2.62 bits per heavy atom. The summed E-state index contributed by atoms with van der Waals surface area (Å²) in [6, 6.07) is 0. The fourth-order valence-corrected chi connectivity index (χ4v) is 2.26. The average Bonchev–Trinajstić information content (AvgIpc) is 2.66. The van der Waals surface area contributed by atoms with Gasteiger partial charge < -0.3 is 10.3 Å². The molecule has 90 valence electrons. The topological polar surface area (TPSA) is 44.0 Å². The van der Waals surface area contributed by atoms with Gasteiger partial charge in [-0.1, -0.05) is 13.8 Å². The second kappa shape index (κ2) is 4.55. The molecule has 0 radical (unpaired) electrons. The highest BCUT2D eigenvalue weighted by atomic mass is 15.2. The van der Waals surface area contributed by atoms with E-state index < -0.39 is 0 Å². The Morgan fingerprint density at radius 1 is 1.38 bits per heavy atom. The van der Waals surface area contributed by atoms with Gasteiger partial charge in [-0.2, -0.15) is 0 Å². The second-order valence-corrected chi connectivity index (χ2v) is 5.32. The lowest BCUT2D eigenvalue weighted by molar-refractivity contribution is 0.196. The zero-order chi connectivity index (χ0) is 11.6. The summed E-state index contributed by atoms with van der Waals surface area (Å²) in [7, 11) is 0. The van der Waals surface area contributed by atoms with Gasteiger partial charge in [0.15, 0.2) is 0 Å². The molecular weight excluding hydrogens is 200 g/mol. The van der Waals surface area contributed by atoms with E-state index in [2.05, 4.69) is 41.0 Å². The molecule has 0 bridgehead atoms. The molecule has 1 saturated heterocycles. The number of imidazole rings is 1. The van der Waals surface area contributed by atoms with Crippen LogP contribution in [0.15, 0.2) is 6.20 Å². The summed E-state index contributed by atoms with van der Waals surface area (Å²) < 4.78 is 0. The number of nitrogens with one attached hydrogen (secondary N) is 2. The molecule has 4 heteroatoms. The molecule has 16 heavy (non-hydrogen) atoms. The first kappa shape index (κ1) is 11.6. The summed E-state index contributed by atoms with van der Waals surface area (Å²) in [6.45, 7) is 12.1. The van der Waals surface area contributed by atoms with E-state index in [0.717, 1.165) is 44.2 Å². The van der Waals surface area contributed by atoms with Crippen molar-refractivity contribution in [2.45, 2.75) is 26.2 Å². The number of nitrogens with zero attached hydrogens (tertiary/aromatic N) is 2. The molecule has 2 rings (SSSR count). The van der Waals surface area contributed by atoms with Gasteiger partial charge in [-0.15, -0.1) is 0 Å². The van der Waals surface area contributed by atoms with Gasteiger partial charge >= 0.3 is 0 Å². The van der Waals surface area contributed by atoms with Gasteiger partial charge in [0, 0.05) is 50.0 Å². The van der Waals surface area contributed by atoms with Crippen LogP contribution in [0.3, 0.4) is 0 Å². The minimum Gasteiger partial charge on any atom is -0.346 e. The van der Waals surface area contributed by atoms with Gasteiger partial charge in [-0.25, -0.2) is 4.98 Å². The number of H-pyrrole nitrogens is 1. The molecule has 2 heterocycles. The Morgan fingerprint density at radius 2 is 2.06 bits per heavy atom. The van der Waals surface area contributed by atoms with Crippen molar-refractivity contribution in [1.29, 1.82) is 0 Å². The van der Waals surface area contributed by atoms with Gasteiger partial charge in [0.2, 0.25) is 0 Å². The molecule has 0 atom stereocenters. The van der Waals surface area contributed by atoms with Crippen molar-refractivity contribution in [2.24, 2.45) is 0 Å². The lowest BCUT2D eigenvalue weighted by Gasteiger charge is -2.34. The van der Waals surface area contributed by atoms with Crippen LogP contribution in [0.2, 0.25) is 0 Å². The standard InChI is InChI=1S/C12H22N4/c1-10-8-14-11(15-10)12(2,3)9-16-6-4-13-5-7-16/h8,13H,4-7,9H2,1-3H3,(H,14,15). The van der Waals surface area contributed by atoms with Gasteiger partial charge in [-0.3, -0.25) is 4.90 Å². The summed E-state index contributed by atoms with van der Waals surface area (Å²) in [4.78, 5) is 10.3. The highest BCUT2D eigenvalue weighted by molar-refractivity contribution is 5.09. The third-order valence-corrected chi connectivity index (χ3v) is 3.17. The second-order valence-electron chi connectivity index (χ2n) is 5.32. The molecule has 1 aromatic heterocycles. The smallest absolute Gasteiger partial charge is 0.113 e. The Hall–Kier alpha value is -0.870. The van der Waals surface area contributed by atoms with Crippen molar-refractivity contribution >= 4 is 0 Å². The number of hydrogen-bond donors (Lipinski definition) is 2. The van der Waals surface area contributed by atoms with Crippen molar-refractivity contribution in [3.8, 4) is 0 Å². The van der Waals surface area contributed by atoms with Gasteiger partial charge in [-0.05, 0) is 6.92 Å². The molecule has 0 aliphatic carbocycles. The Labute approximate surface area is 97.4 Å². The normalized spacial score (nSPS) is 18.9. The predicted octanol–water partition coefficient (Wildman–Crippen LogP) is 0.901. The Kier molecular flexibility index (Phi) is 3.30. The Balaban J connectivity index is 2.01. The monoisotopic (exact) mass is 222 g/mol. The lowest BCUT2D eigenvalue weighted by atomic mass is 9.91. The number of aromatic amines is 1. The van der Waals surface area contributed by atoms with E-state index in [9.17, 15) is 0 Å². The summed E-state index contributed by atoms with van der Waals surface area (Å²) in [6.07, 6.45) is 1.91. The van der Waals surface area contributed by atoms with Crippen molar-refractivity contribution in [3.63, 3.8) is 0 Å². The number of piperazine rings is 1. The van der Waals surface area contributed by atoms with E-state index in [1.165, 1.54) is 0 Å². The van der Waals surface area contributed by atoms with Crippen molar-refractivity contribution < 1.29 is 0 Å². The molecule has 0 spiro atoms. The molecule has 0 unspecified atom stereocenters. The fraction of sp³-hybridized carbons (Fsp3) is 0.750. The van der Waals surface area contributed by atoms with Crippen LogP contribution in [0.25, 0.3) is 0 Å². The summed E-state index contributed by atoms with van der Waals surface area (Å²) in [5, 5.41) is 3.38. The Bertz CT molecular complexity index is 337. The molecule has 1 aromatic rings. The van der Waals surface area contributed by atoms with Gasteiger partial charge in [0.05, 0.1) is 0 Å². The minimum absolute atomic E-state index is 0.103. The van der Waals surface area contributed by atoms with Crippen LogP contribution in [-0.4, -0.2) is 47.6 Å². The molecule has 0 saturated carbocycles. The first-order valence-corrected chi connectivity index (χ1v) is 6.03. The van der Waals surface area contributed by atoms with Crippen molar-refractivity contribution in [3.05, 3.63) is 17.7 Å². The zero-order valence-electron chi connectivity index (χ0n) is 10.5. The van der Waals surface area contributed by atoms with Gasteiger partial charge in [0.1, 0.15) is 5.82 Å². The van der Waals surface area contributed by atoms with Crippen LogP contribution in [0.4, 0.5) is 0 Å². The third kappa shape index (κ3) is 2.62. The van der Waals surface area contributed by atoms with Crippen molar-refractivity contribution in [1.82, 2.24) is 20.2 Å². The van der Waals surface area contributed by atoms with Crippen LogP contribution < -0.4 is 5.32 Å². The minimum atomic E-state index is 0.103. The molecular formula is C12H22N4. The summed E-state index contributed by atoms with van der Waals surface area (Å²) >= 11 is 0. The lowest BCUT2D eigenvalue weighted by Crippen LogP contribution is -2.48. The molecule has 0 aromatic carbocycles. The molecule has 2 N–H and O–H groups in total. The molecule has 1 aliphatic rings. The first-order valence-electron chi connectivity index (χ1n) is 6.03. The van der Waals surface area contributed by atoms with Gasteiger partial charge in [0.25, 0.3) is 0 Å². The van der Waals surface area contributed by atoms with Crippen LogP contribution in [0, 0.1) is 6.92 Å². The molecule has 4 nitrogen and oxygen atoms in total. The maximum atomic E-state index is 4.46. The molecule has 1 aliphatic heterocycles. The van der Waals surface area contributed by atoms with E-state index >= 15 is 0 Å². The van der Waals surface area contributed by atoms with Crippen LogP contribution in [0.5, 0.6) is 0 Å². The van der Waals surface area contributed by atoms with Crippen LogP contribution in [0.1, 0.15) is 25.4 Å². The van der Waals surface area contributed by atoms with Crippen molar-refractivity contribution in [2.75, 3.05) is 32.7 Å². The summed E-state index contributed by atoms with van der Waals surface area (Å²) in [5.41, 5.74) is 1.24. The maximum absolute atomic E-state index is 4.46. The molecule has 1 fully saturated rings. The van der Waals surface area contributed by atoms with Crippen LogP contribution >= 0.6 is 0 Å². The van der Waals surface area contributed by atoms with E-state index in [1.54, 1.807) is 0 Å². The number of hydrogen-bond acceptors (Lipinski definition) is 3. The highest BCUT2D eigenvalue weighted by Crippen LogP contribution is 2.21. The SMILES string of the molecule is Cc1cnc(C(C)(C)CN2CCNCC2)[nH]1. The number of aromatic nitrogens is 2. The summed E-state index contributed by atoms with van der Waals surface area (Å²) in [5.74, 6) is 1.10. The first-order chi connectivity index (χ1) is 7.58. The quantitative estimate of drug-likeness (QED) is 0.798. The zero-order valence-corrected chi connectivity index (χ0v) is 10.5. The van der Waals surface area contributed by atoms with E-state index in [-0.39, 0.29) is 5.41 Å². The highest BCUT2D eigenvalue weighted by Gasteiger charge is 2.27. The van der Waals surface area contributed by atoms with E-state index in [4.69, 9.17) is 0 Å². The average molecular weight is 222 g/mol. The third-order valence-electron chi connectivity index (χ3n) is 3.17. The van der Waals surface area contributed by atoms with Crippen LogP contribution in [-0.2, 0) is 5.41 Å². The van der Waals surface area contributed by atoms with E-state index in [1.807, 2.05) is 6.20 Å². The fourth-order valence-electron chi connectivity index (χ4n) is 2.26.